The summed E-state index contributed by atoms with van der Waals surface area (Å²) >= 11 is 0. The molecule has 5 heteroatoms. The monoisotopic (exact) mass is 219 g/mol. The number of aromatic nitrogens is 4. The van der Waals surface area contributed by atoms with Crippen LogP contribution in [0, 0.1) is 0 Å². The molecule has 0 fully saturated rings. The normalized spacial score (nSPS) is 14.9. The number of aromatic amines is 1. The Hall–Kier alpha value is -1.62. The fourth-order valence-corrected chi connectivity index (χ4v) is 1.78. The van der Waals surface area contributed by atoms with Crippen LogP contribution in [0.1, 0.15) is 43.6 Å². The minimum Gasteiger partial charge on any atom is -0.326 e. The van der Waals surface area contributed by atoms with Crippen molar-refractivity contribution >= 4 is 0 Å². The van der Waals surface area contributed by atoms with Crippen LogP contribution in [0.5, 0.6) is 0 Å². The average molecular weight is 219 g/mol. The van der Waals surface area contributed by atoms with Gasteiger partial charge in [-0.1, -0.05) is 6.92 Å². The van der Waals surface area contributed by atoms with Crippen LogP contribution < -0.4 is 5.73 Å². The van der Waals surface area contributed by atoms with Crippen LogP contribution in [-0.4, -0.2) is 19.7 Å². The number of hydrogen-bond donors (Lipinski definition) is 2. The average Bonchev–Trinajstić information content (AvgIpc) is 2.97. The van der Waals surface area contributed by atoms with Gasteiger partial charge in [0.05, 0.1) is 24.3 Å². The van der Waals surface area contributed by atoms with Gasteiger partial charge in [-0.3, -0.25) is 5.10 Å². The van der Waals surface area contributed by atoms with E-state index in [1.165, 1.54) is 0 Å². The van der Waals surface area contributed by atoms with Crippen LogP contribution in [-0.2, 0) is 0 Å². The highest BCUT2D eigenvalue weighted by atomic mass is 15.1. The molecule has 2 rings (SSSR count). The highest BCUT2D eigenvalue weighted by molar-refractivity contribution is 5.15. The van der Waals surface area contributed by atoms with Crippen LogP contribution in [0.2, 0.25) is 0 Å². The molecule has 2 aromatic heterocycles. The molecule has 5 nitrogen and oxygen atoms in total. The Balaban J connectivity index is 2.30. The molecule has 0 aromatic carbocycles. The van der Waals surface area contributed by atoms with Gasteiger partial charge in [0.15, 0.2) is 0 Å². The summed E-state index contributed by atoms with van der Waals surface area (Å²) in [6.45, 7) is 4.18. The lowest BCUT2D eigenvalue weighted by Gasteiger charge is -2.18. The van der Waals surface area contributed by atoms with Gasteiger partial charge in [0.25, 0.3) is 0 Å². The van der Waals surface area contributed by atoms with Gasteiger partial charge in [-0.15, -0.1) is 0 Å². The molecule has 0 aliphatic carbocycles. The Bertz CT molecular complexity index is 431. The third-order valence-electron chi connectivity index (χ3n) is 2.93. The first-order valence-electron chi connectivity index (χ1n) is 5.50. The summed E-state index contributed by atoms with van der Waals surface area (Å²) in [4.78, 5) is 4.17. The van der Waals surface area contributed by atoms with Crippen LogP contribution >= 0.6 is 0 Å². The Labute approximate surface area is 94.7 Å². The summed E-state index contributed by atoms with van der Waals surface area (Å²) in [5, 5.41) is 6.78. The smallest absolute Gasteiger partial charge is 0.0954 e. The third kappa shape index (κ3) is 1.86. The number of nitrogens with two attached hydrogens (primary N) is 1. The minimum absolute atomic E-state index is 0.0388. The second-order valence-corrected chi connectivity index (χ2v) is 3.95. The summed E-state index contributed by atoms with van der Waals surface area (Å²) in [5.74, 6) is 0. The standard InChI is InChI=1S/C11H17N5/c1-3-10(12)11-6-13-7-16(11)8(2)9-4-14-15-5-9/h4-8,10H,3,12H2,1-2H3,(H,14,15)/t8?,10-/m1/s1. The molecule has 0 radical (unpaired) electrons. The topological polar surface area (TPSA) is 72.5 Å². The Morgan fingerprint density at radius 3 is 2.94 bits per heavy atom. The van der Waals surface area contributed by atoms with Crippen molar-refractivity contribution in [1.82, 2.24) is 19.7 Å². The molecule has 0 amide bonds. The maximum absolute atomic E-state index is 6.05. The number of H-pyrrole nitrogens is 1. The zero-order chi connectivity index (χ0) is 11.5. The van der Waals surface area contributed by atoms with Gasteiger partial charge in [0, 0.05) is 24.0 Å². The maximum atomic E-state index is 6.05. The summed E-state index contributed by atoms with van der Waals surface area (Å²) < 4.78 is 2.10. The maximum Gasteiger partial charge on any atom is 0.0954 e. The third-order valence-corrected chi connectivity index (χ3v) is 2.93. The molecule has 2 aromatic rings. The van der Waals surface area contributed by atoms with Crippen molar-refractivity contribution in [2.24, 2.45) is 5.73 Å². The Kier molecular flexibility index (Phi) is 3.05. The van der Waals surface area contributed by atoms with Gasteiger partial charge in [0.1, 0.15) is 0 Å². The predicted octanol–water partition coefficient (Wildman–Crippen LogP) is 1.63. The van der Waals surface area contributed by atoms with Gasteiger partial charge < -0.3 is 10.3 Å². The predicted molar refractivity (Wildman–Crippen MR) is 61.8 cm³/mol. The molecule has 0 spiro atoms. The van der Waals surface area contributed by atoms with Crippen LogP contribution in [0.25, 0.3) is 0 Å². The second-order valence-electron chi connectivity index (χ2n) is 3.95. The summed E-state index contributed by atoms with van der Waals surface area (Å²) in [6.07, 6.45) is 8.29. The molecule has 0 saturated heterocycles. The molecule has 16 heavy (non-hydrogen) atoms. The van der Waals surface area contributed by atoms with Gasteiger partial charge in [0.2, 0.25) is 0 Å². The lowest BCUT2D eigenvalue weighted by Crippen LogP contribution is -2.17. The van der Waals surface area contributed by atoms with Gasteiger partial charge in [-0.2, -0.15) is 5.10 Å². The molecule has 0 bridgehead atoms. The first-order chi connectivity index (χ1) is 7.74. The highest BCUT2D eigenvalue weighted by Crippen LogP contribution is 2.22. The van der Waals surface area contributed by atoms with Crippen molar-refractivity contribution in [2.75, 3.05) is 0 Å². The van der Waals surface area contributed by atoms with Crippen molar-refractivity contribution in [1.29, 1.82) is 0 Å². The minimum atomic E-state index is 0.0388. The van der Waals surface area contributed by atoms with E-state index < -0.39 is 0 Å². The number of nitrogens with zero attached hydrogens (tertiary/aromatic N) is 3. The van der Waals surface area contributed by atoms with E-state index >= 15 is 0 Å². The summed E-state index contributed by atoms with van der Waals surface area (Å²) in [6, 6.07) is 0.241. The van der Waals surface area contributed by atoms with Gasteiger partial charge in [-0.05, 0) is 13.3 Å². The summed E-state index contributed by atoms with van der Waals surface area (Å²) in [5.41, 5.74) is 8.24. The Morgan fingerprint density at radius 1 is 1.50 bits per heavy atom. The molecular formula is C11H17N5. The van der Waals surface area contributed by atoms with E-state index in [4.69, 9.17) is 5.73 Å². The van der Waals surface area contributed by atoms with Crippen molar-refractivity contribution in [3.05, 3.63) is 36.2 Å². The molecule has 0 saturated carbocycles. The van der Waals surface area contributed by atoms with Crippen molar-refractivity contribution in [2.45, 2.75) is 32.4 Å². The fraction of sp³-hybridized carbons (Fsp3) is 0.455. The van der Waals surface area contributed by atoms with E-state index in [1.807, 2.05) is 24.9 Å². The zero-order valence-corrected chi connectivity index (χ0v) is 9.59. The number of nitrogens with one attached hydrogen (secondary N) is 1. The SMILES string of the molecule is CC[C@@H](N)c1cncn1C(C)c1cn[nH]c1. The molecular weight excluding hydrogens is 202 g/mol. The Morgan fingerprint density at radius 2 is 2.31 bits per heavy atom. The largest absolute Gasteiger partial charge is 0.326 e. The lowest BCUT2D eigenvalue weighted by molar-refractivity contribution is 0.558. The first kappa shape index (κ1) is 10.9. The van der Waals surface area contributed by atoms with Gasteiger partial charge >= 0.3 is 0 Å². The number of hydrogen-bond acceptors (Lipinski definition) is 3. The van der Waals surface area contributed by atoms with Crippen molar-refractivity contribution < 1.29 is 0 Å². The summed E-state index contributed by atoms with van der Waals surface area (Å²) in [7, 11) is 0. The first-order valence-corrected chi connectivity index (χ1v) is 5.50. The molecule has 0 aliphatic rings. The van der Waals surface area contributed by atoms with E-state index in [-0.39, 0.29) is 12.1 Å². The van der Waals surface area contributed by atoms with Crippen molar-refractivity contribution in [3.63, 3.8) is 0 Å². The number of rotatable bonds is 4. The van der Waals surface area contributed by atoms with Crippen LogP contribution in [0.4, 0.5) is 0 Å². The van der Waals surface area contributed by atoms with E-state index in [2.05, 4.69) is 33.6 Å². The molecule has 0 aliphatic heterocycles. The van der Waals surface area contributed by atoms with Crippen LogP contribution in [0.15, 0.2) is 24.9 Å². The van der Waals surface area contributed by atoms with Crippen molar-refractivity contribution in [3.8, 4) is 0 Å². The molecule has 2 heterocycles. The highest BCUT2D eigenvalue weighted by Gasteiger charge is 2.15. The lowest BCUT2D eigenvalue weighted by atomic mass is 10.1. The molecule has 86 valence electrons. The fourth-order valence-electron chi connectivity index (χ4n) is 1.78. The van der Waals surface area contributed by atoms with E-state index in [0.29, 0.717) is 0 Å². The van der Waals surface area contributed by atoms with E-state index in [9.17, 15) is 0 Å². The van der Waals surface area contributed by atoms with Gasteiger partial charge in [-0.25, -0.2) is 4.98 Å². The quantitative estimate of drug-likeness (QED) is 0.820. The number of imidazole rings is 1. The molecule has 1 unspecified atom stereocenters. The van der Waals surface area contributed by atoms with E-state index in [0.717, 1.165) is 17.7 Å². The van der Waals surface area contributed by atoms with Crippen LogP contribution in [0.3, 0.4) is 0 Å². The molecule has 3 N–H and O–H groups in total. The second kappa shape index (κ2) is 4.49. The zero-order valence-electron chi connectivity index (χ0n) is 9.59. The molecule has 2 atom stereocenters. The van der Waals surface area contributed by atoms with E-state index in [1.54, 1.807) is 0 Å².